The first kappa shape index (κ1) is 14.7. The van der Waals surface area contributed by atoms with Crippen molar-refractivity contribution in [3.8, 4) is 0 Å². The fourth-order valence-electron chi connectivity index (χ4n) is 2.28. The van der Waals surface area contributed by atoms with E-state index >= 15 is 0 Å². The number of rotatable bonds is 7. The normalized spacial score (nSPS) is 15.0. The molecular formula is C16H25ClN2. The minimum atomic E-state index is 0.662. The van der Waals surface area contributed by atoms with Gasteiger partial charge in [0.25, 0.3) is 0 Å². The molecule has 3 heteroatoms. The van der Waals surface area contributed by atoms with Crippen LogP contribution in [0.15, 0.2) is 18.2 Å². The molecule has 0 radical (unpaired) electrons. The average Bonchev–Trinajstić information content (AvgIpc) is 3.18. The lowest BCUT2D eigenvalue weighted by Gasteiger charge is -2.25. The third kappa shape index (κ3) is 4.39. The molecule has 0 spiro atoms. The Morgan fingerprint density at radius 3 is 2.63 bits per heavy atom. The summed E-state index contributed by atoms with van der Waals surface area (Å²) in [5, 5.41) is 4.39. The molecule has 1 saturated carbocycles. The lowest BCUT2D eigenvalue weighted by molar-refractivity contribution is 0.618. The monoisotopic (exact) mass is 280 g/mol. The second kappa shape index (κ2) is 6.62. The molecule has 1 N–H and O–H groups in total. The van der Waals surface area contributed by atoms with Crippen molar-refractivity contribution in [2.24, 2.45) is 5.92 Å². The maximum absolute atomic E-state index is 6.40. The van der Waals surface area contributed by atoms with Gasteiger partial charge in [-0.05, 0) is 43.4 Å². The van der Waals surface area contributed by atoms with Crippen molar-refractivity contribution in [1.82, 2.24) is 5.32 Å². The topological polar surface area (TPSA) is 15.3 Å². The number of anilines is 1. The zero-order valence-electron chi connectivity index (χ0n) is 12.2. The quantitative estimate of drug-likeness (QED) is 0.810. The molecule has 1 aromatic carbocycles. The average molecular weight is 281 g/mol. The number of benzene rings is 1. The summed E-state index contributed by atoms with van der Waals surface area (Å²) in [6, 6.07) is 7.19. The molecule has 2 rings (SSSR count). The lowest BCUT2D eigenvalue weighted by atomic mass is 10.1. The number of nitrogens with zero attached hydrogens (tertiary/aromatic N) is 1. The van der Waals surface area contributed by atoms with E-state index in [1.54, 1.807) is 0 Å². The molecule has 0 amide bonds. The van der Waals surface area contributed by atoms with Crippen LogP contribution in [0.2, 0.25) is 5.02 Å². The van der Waals surface area contributed by atoms with E-state index in [9.17, 15) is 0 Å². The highest BCUT2D eigenvalue weighted by Gasteiger charge is 2.20. The third-order valence-corrected chi connectivity index (χ3v) is 3.88. The Kier molecular flexibility index (Phi) is 5.12. The Labute approximate surface area is 122 Å². The van der Waals surface area contributed by atoms with E-state index < -0.39 is 0 Å². The van der Waals surface area contributed by atoms with E-state index in [2.05, 4.69) is 49.2 Å². The van der Waals surface area contributed by atoms with E-state index in [-0.39, 0.29) is 0 Å². The van der Waals surface area contributed by atoms with Crippen LogP contribution in [-0.2, 0) is 6.54 Å². The number of hydrogen-bond acceptors (Lipinski definition) is 2. The molecule has 1 fully saturated rings. The highest BCUT2D eigenvalue weighted by molar-refractivity contribution is 6.31. The van der Waals surface area contributed by atoms with Gasteiger partial charge in [0.05, 0.1) is 0 Å². The van der Waals surface area contributed by atoms with E-state index in [1.807, 2.05) is 0 Å². The number of nitrogens with one attached hydrogen (secondary N) is 1. The summed E-state index contributed by atoms with van der Waals surface area (Å²) in [6.07, 6.45) is 2.63. The zero-order valence-corrected chi connectivity index (χ0v) is 13.0. The molecule has 0 atom stereocenters. The molecule has 106 valence electrons. The third-order valence-electron chi connectivity index (χ3n) is 3.53. The zero-order chi connectivity index (χ0) is 13.8. The van der Waals surface area contributed by atoms with Crippen LogP contribution < -0.4 is 10.2 Å². The summed E-state index contributed by atoms with van der Waals surface area (Å²) in [5.74, 6) is 0.662. The fraction of sp³-hybridized carbons (Fsp3) is 0.625. The van der Waals surface area contributed by atoms with Gasteiger partial charge in [-0.15, -0.1) is 0 Å². The van der Waals surface area contributed by atoms with Gasteiger partial charge in [-0.2, -0.15) is 0 Å². The van der Waals surface area contributed by atoms with Crippen LogP contribution in [0.4, 0.5) is 5.69 Å². The minimum Gasteiger partial charge on any atom is -0.372 e. The van der Waals surface area contributed by atoms with Crippen molar-refractivity contribution in [2.45, 2.75) is 46.2 Å². The van der Waals surface area contributed by atoms with Crippen molar-refractivity contribution in [3.63, 3.8) is 0 Å². The molecule has 0 aliphatic heterocycles. The summed E-state index contributed by atoms with van der Waals surface area (Å²) < 4.78 is 0. The maximum Gasteiger partial charge on any atom is 0.0471 e. The fourth-order valence-corrected chi connectivity index (χ4v) is 2.52. The van der Waals surface area contributed by atoms with Gasteiger partial charge in [0.2, 0.25) is 0 Å². The standard InChI is InChI=1S/C16H25ClN2/c1-4-19(11-12(2)3)15-8-5-13(16(17)9-15)10-18-14-6-7-14/h5,8-9,12,14,18H,4,6-7,10-11H2,1-3H3. The Balaban J connectivity index is 2.02. The van der Waals surface area contributed by atoms with E-state index in [4.69, 9.17) is 11.6 Å². The van der Waals surface area contributed by atoms with Crippen LogP contribution in [0.1, 0.15) is 39.2 Å². The number of hydrogen-bond donors (Lipinski definition) is 1. The molecular weight excluding hydrogens is 256 g/mol. The lowest BCUT2D eigenvalue weighted by Crippen LogP contribution is -2.27. The van der Waals surface area contributed by atoms with Crippen molar-refractivity contribution in [1.29, 1.82) is 0 Å². The van der Waals surface area contributed by atoms with Gasteiger partial charge in [0.15, 0.2) is 0 Å². The van der Waals surface area contributed by atoms with Gasteiger partial charge in [0.1, 0.15) is 0 Å². The van der Waals surface area contributed by atoms with Crippen LogP contribution in [0.3, 0.4) is 0 Å². The number of halogens is 1. The van der Waals surface area contributed by atoms with Crippen LogP contribution in [-0.4, -0.2) is 19.1 Å². The summed E-state index contributed by atoms with van der Waals surface area (Å²) in [5.41, 5.74) is 2.44. The second-order valence-electron chi connectivity index (χ2n) is 5.86. The molecule has 19 heavy (non-hydrogen) atoms. The van der Waals surface area contributed by atoms with Crippen molar-refractivity contribution < 1.29 is 0 Å². The van der Waals surface area contributed by atoms with Gasteiger partial charge in [-0.1, -0.05) is 31.5 Å². The van der Waals surface area contributed by atoms with Gasteiger partial charge < -0.3 is 10.2 Å². The Morgan fingerprint density at radius 1 is 1.37 bits per heavy atom. The van der Waals surface area contributed by atoms with Gasteiger partial charge >= 0.3 is 0 Å². The Hall–Kier alpha value is -0.730. The summed E-state index contributed by atoms with van der Waals surface area (Å²) in [7, 11) is 0. The highest BCUT2D eigenvalue weighted by Crippen LogP contribution is 2.26. The van der Waals surface area contributed by atoms with Gasteiger partial charge in [-0.3, -0.25) is 0 Å². The molecule has 1 aliphatic carbocycles. The molecule has 0 aromatic heterocycles. The molecule has 1 aliphatic rings. The van der Waals surface area contributed by atoms with E-state index in [1.165, 1.54) is 24.1 Å². The minimum absolute atomic E-state index is 0.662. The van der Waals surface area contributed by atoms with Crippen molar-refractivity contribution in [3.05, 3.63) is 28.8 Å². The maximum atomic E-state index is 6.40. The van der Waals surface area contributed by atoms with Crippen LogP contribution in [0.5, 0.6) is 0 Å². The summed E-state index contributed by atoms with van der Waals surface area (Å²) in [4.78, 5) is 2.38. The SMILES string of the molecule is CCN(CC(C)C)c1ccc(CNC2CC2)c(Cl)c1. The van der Waals surface area contributed by atoms with Crippen molar-refractivity contribution >= 4 is 17.3 Å². The van der Waals surface area contributed by atoms with Crippen LogP contribution in [0.25, 0.3) is 0 Å². The first-order chi connectivity index (χ1) is 9.10. The molecule has 0 bridgehead atoms. The first-order valence-corrected chi connectivity index (χ1v) is 7.74. The van der Waals surface area contributed by atoms with E-state index in [0.717, 1.165) is 30.7 Å². The van der Waals surface area contributed by atoms with Gasteiger partial charge in [-0.25, -0.2) is 0 Å². The highest BCUT2D eigenvalue weighted by atomic mass is 35.5. The second-order valence-corrected chi connectivity index (χ2v) is 6.27. The molecule has 0 heterocycles. The van der Waals surface area contributed by atoms with Crippen LogP contribution in [0, 0.1) is 5.92 Å². The van der Waals surface area contributed by atoms with Crippen LogP contribution >= 0.6 is 11.6 Å². The first-order valence-electron chi connectivity index (χ1n) is 7.37. The van der Waals surface area contributed by atoms with E-state index in [0.29, 0.717) is 5.92 Å². The largest absolute Gasteiger partial charge is 0.372 e. The van der Waals surface area contributed by atoms with Crippen molar-refractivity contribution in [2.75, 3.05) is 18.0 Å². The summed E-state index contributed by atoms with van der Waals surface area (Å²) in [6.45, 7) is 9.68. The molecule has 2 nitrogen and oxygen atoms in total. The Bertz CT molecular complexity index is 413. The molecule has 0 unspecified atom stereocenters. The predicted molar refractivity (Wildman–Crippen MR) is 84.0 cm³/mol. The summed E-state index contributed by atoms with van der Waals surface area (Å²) >= 11 is 6.40. The Morgan fingerprint density at radius 2 is 2.11 bits per heavy atom. The smallest absolute Gasteiger partial charge is 0.0471 e. The molecule has 1 aromatic rings. The predicted octanol–water partition coefficient (Wildman–Crippen LogP) is 4.07. The molecule has 0 saturated heterocycles. The van der Waals surface area contributed by atoms with Gasteiger partial charge in [0, 0.05) is 36.4 Å².